The second kappa shape index (κ2) is 9.49. The maximum Gasteiger partial charge on any atom is 0.272 e. The van der Waals surface area contributed by atoms with E-state index < -0.39 is 29.4 Å². The Bertz CT molecular complexity index is 837. The van der Waals surface area contributed by atoms with Crippen LogP contribution in [0, 0.1) is 5.41 Å². The van der Waals surface area contributed by atoms with Gasteiger partial charge in [0, 0.05) is 23.7 Å². The number of rotatable bonds is 10. The first-order chi connectivity index (χ1) is 13.6. The molecule has 0 bridgehead atoms. The quantitative estimate of drug-likeness (QED) is 0.0825. The molecule has 2 amide bonds. The van der Waals surface area contributed by atoms with Crippen molar-refractivity contribution in [1.29, 1.82) is 5.41 Å². The van der Waals surface area contributed by atoms with Crippen molar-refractivity contribution in [2.24, 2.45) is 5.73 Å². The van der Waals surface area contributed by atoms with Gasteiger partial charge in [0.2, 0.25) is 5.91 Å². The lowest BCUT2D eigenvalue weighted by atomic mass is 9.98. The van der Waals surface area contributed by atoms with E-state index in [0.717, 1.165) is 11.9 Å². The fraction of sp³-hybridized carbons (Fsp3) is 0.353. The van der Waals surface area contributed by atoms with Crippen molar-refractivity contribution in [2.75, 3.05) is 11.9 Å². The van der Waals surface area contributed by atoms with Crippen LogP contribution in [0.3, 0.4) is 0 Å². The number of nitrogens with zero attached hydrogens (tertiary/aromatic N) is 1. The Morgan fingerprint density at radius 1 is 1.52 bits per heavy atom. The summed E-state index contributed by atoms with van der Waals surface area (Å²) in [5, 5.41) is 26.8. The smallest absolute Gasteiger partial charge is 0.272 e. The molecule has 12 heteroatoms. The third-order valence-corrected chi connectivity index (χ3v) is 4.72. The maximum absolute atomic E-state index is 12.2. The van der Waals surface area contributed by atoms with Gasteiger partial charge in [-0.3, -0.25) is 19.8 Å². The molecule has 1 aromatic heterocycles. The van der Waals surface area contributed by atoms with Gasteiger partial charge in [0.05, 0.1) is 11.7 Å². The zero-order valence-corrected chi connectivity index (χ0v) is 16.7. The Hall–Kier alpha value is -2.96. The monoisotopic (exact) mass is 421 g/mol. The molecule has 2 atom stereocenters. The molecule has 1 aliphatic heterocycles. The first-order valence-electron chi connectivity index (χ1n) is 8.57. The molecule has 0 aliphatic carbocycles. The first kappa shape index (κ1) is 22.3. The minimum Gasteiger partial charge on any atom is -0.396 e. The summed E-state index contributed by atoms with van der Waals surface area (Å²) in [5.41, 5.74) is 4.38. The number of pyridine rings is 1. The van der Waals surface area contributed by atoms with Crippen LogP contribution in [0.2, 0.25) is 0 Å². The molecule has 0 aromatic carbocycles. The molecular formula is C17H23N7O4S. The van der Waals surface area contributed by atoms with Crippen molar-refractivity contribution in [3.63, 3.8) is 0 Å². The fourth-order valence-electron chi connectivity index (χ4n) is 2.25. The van der Waals surface area contributed by atoms with Gasteiger partial charge in [-0.05, 0) is 37.9 Å². The van der Waals surface area contributed by atoms with Crippen molar-refractivity contribution in [3.05, 3.63) is 35.0 Å². The second-order valence-electron chi connectivity index (χ2n) is 6.77. The number of aliphatic hydroxyl groups is 1. The van der Waals surface area contributed by atoms with Crippen LogP contribution in [0.4, 0.5) is 5.82 Å². The number of carbonyl (C=O) groups is 3. The van der Waals surface area contributed by atoms with Gasteiger partial charge in [-0.15, -0.1) is 0 Å². The fourth-order valence-corrected chi connectivity index (χ4v) is 2.84. The van der Waals surface area contributed by atoms with Crippen LogP contribution >= 0.6 is 11.9 Å². The standard InChI is InChI=1S/C17H23N7O4S/c1-17(2,28)24-29-8-10(18)13(19)15(26)23-14-11(22-16(14)27)6-21-12-5-9(7-25)3-4-20-12/h3-5,7-8,11,14,19,24,28H,6,18H2,1-2H3,(H,20,21)(H,22,27)(H,23,26)/b10-8-,19-13?/t11-,14+/m1/s1. The van der Waals surface area contributed by atoms with E-state index in [1.807, 2.05) is 0 Å². The number of nitrogens with one attached hydrogen (secondary N) is 5. The summed E-state index contributed by atoms with van der Waals surface area (Å²) in [6.07, 6.45) is 2.17. The average molecular weight is 421 g/mol. The SMILES string of the molecule is CC(C)(O)NS/C=C(\N)C(=N)C(=O)N[C@@H]1C(=O)N[C@@H]1CNc1cc(C=O)ccn1. The number of β-lactam (4-membered cyclic amide) rings is 1. The number of anilines is 1. The molecule has 1 aromatic rings. The maximum atomic E-state index is 12.2. The summed E-state index contributed by atoms with van der Waals surface area (Å²) in [7, 11) is 0. The highest BCUT2D eigenvalue weighted by Crippen LogP contribution is 2.11. The zero-order chi connectivity index (χ0) is 21.6. The highest BCUT2D eigenvalue weighted by Gasteiger charge is 2.40. The van der Waals surface area contributed by atoms with E-state index in [1.165, 1.54) is 25.5 Å². The van der Waals surface area contributed by atoms with Gasteiger partial charge in [0.15, 0.2) is 0 Å². The minimum atomic E-state index is -1.16. The molecular weight excluding hydrogens is 398 g/mol. The van der Waals surface area contributed by atoms with E-state index in [4.69, 9.17) is 11.1 Å². The zero-order valence-electron chi connectivity index (χ0n) is 15.9. The summed E-state index contributed by atoms with van der Waals surface area (Å²) >= 11 is 0.934. The van der Waals surface area contributed by atoms with Crippen LogP contribution in [0.1, 0.15) is 24.2 Å². The Kier molecular flexibility index (Phi) is 7.31. The Labute approximate surface area is 171 Å². The van der Waals surface area contributed by atoms with E-state index in [9.17, 15) is 19.5 Å². The van der Waals surface area contributed by atoms with Gasteiger partial charge in [-0.1, -0.05) is 0 Å². The van der Waals surface area contributed by atoms with Gasteiger partial charge < -0.3 is 26.8 Å². The van der Waals surface area contributed by atoms with Crippen LogP contribution in [-0.2, 0) is 9.59 Å². The Morgan fingerprint density at radius 3 is 2.86 bits per heavy atom. The number of aldehydes is 1. The van der Waals surface area contributed by atoms with E-state index in [-0.39, 0.29) is 18.1 Å². The number of hydrogen-bond donors (Lipinski definition) is 7. The normalized spacial score (nSPS) is 19.0. The number of nitrogens with two attached hydrogens (primary N) is 1. The molecule has 0 spiro atoms. The average Bonchev–Trinajstić information content (AvgIpc) is 2.67. The van der Waals surface area contributed by atoms with Gasteiger partial charge in [-0.2, -0.15) is 0 Å². The van der Waals surface area contributed by atoms with Gasteiger partial charge in [0.1, 0.15) is 29.6 Å². The molecule has 156 valence electrons. The number of carbonyl (C=O) groups excluding carboxylic acids is 3. The third-order valence-electron chi connectivity index (χ3n) is 3.73. The van der Waals surface area contributed by atoms with Crippen molar-refractivity contribution < 1.29 is 19.5 Å². The summed E-state index contributed by atoms with van der Waals surface area (Å²) in [5.74, 6) is -0.723. The molecule has 8 N–H and O–H groups in total. The van der Waals surface area contributed by atoms with E-state index in [2.05, 4.69) is 25.7 Å². The molecule has 1 saturated heterocycles. The highest BCUT2D eigenvalue weighted by atomic mass is 32.2. The van der Waals surface area contributed by atoms with E-state index >= 15 is 0 Å². The van der Waals surface area contributed by atoms with Crippen molar-refractivity contribution in [1.82, 2.24) is 20.3 Å². The molecule has 0 unspecified atom stereocenters. The number of amides is 2. The lowest BCUT2D eigenvalue weighted by molar-refractivity contribution is -0.134. The largest absolute Gasteiger partial charge is 0.396 e. The molecule has 1 aliphatic rings. The van der Waals surface area contributed by atoms with Crippen molar-refractivity contribution >= 4 is 41.6 Å². The van der Waals surface area contributed by atoms with Gasteiger partial charge in [-0.25, -0.2) is 9.71 Å². The van der Waals surface area contributed by atoms with Gasteiger partial charge in [0.25, 0.3) is 5.91 Å². The molecule has 2 heterocycles. The summed E-state index contributed by atoms with van der Waals surface area (Å²) in [6, 6.07) is 1.87. The van der Waals surface area contributed by atoms with Crippen LogP contribution in [0.25, 0.3) is 0 Å². The molecule has 11 nitrogen and oxygen atoms in total. The lowest BCUT2D eigenvalue weighted by Gasteiger charge is -2.37. The van der Waals surface area contributed by atoms with Crippen LogP contribution in [0.15, 0.2) is 29.4 Å². The molecule has 1 fully saturated rings. The number of aromatic nitrogens is 1. The summed E-state index contributed by atoms with van der Waals surface area (Å²) < 4.78 is 2.65. The van der Waals surface area contributed by atoms with Gasteiger partial charge >= 0.3 is 0 Å². The topological polar surface area (TPSA) is 182 Å². The Morgan fingerprint density at radius 2 is 2.24 bits per heavy atom. The van der Waals surface area contributed by atoms with Crippen LogP contribution in [-0.4, -0.2) is 58.3 Å². The van der Waals surface area contributed by atoms with Crippen molar-refractivity contribution in [3.8, 4) is 0 Å². The molecule has 0 saturated carbocycles. The van der Waals surface area contributed by atoms with E-state index in [0.29, 0.717) is 17.7 Å². The lowest BCUT2D eigenvalue weighted by Crippen LogP contribution is -2.71. The molecule has 2 rings (SSSR count). The minimum absolute atomic E-state index is 0.117. The van der Waals surface area contributed by atoms with Crippen molar-refractivity contribution in [2.45, 2.75) is 31.7 Å². The first-order valence-corrected chi connectivity index (χ1v) is 9.45. The summed E-state index contributed by atoms with van der Waals surface area (Å²) in [6.45, 7) is 3.31. The van der Waals surface area contributed by atoms with E-state index in [1.54, 1.807) is 12.1 Å². The molecule has 0 radical (unpaired) electrons. The third kappa shape index (κ3) is 6.55. The molecule has 29 heavy (non-hydrogen) atoms. The number of hydrogen-bond acceptors (Lipinski definition) is 10. The highest BCUT2D eigenvalue weighted by molar-refractivity contribution is 8.00. The summed E-state index contributed by atoms with van der Waals surface area (Å²) in [4.78, 5) is 38.9. The Balaban J connectivity index is 1.87. The van der Waals surface area contributed by atoms with Crippen LogP contribution < -0.4 is 26.4 Å². The predicted octanol–water partition coefficient (Wildman–Crippen LogP) is -0.925. The van der Waals surface area contributed by atoms with Crippen LogP contribution in [0.5, 0.6) is 0 Å². The second-order valence-corrected chi connectivity index (χ2v) is 7.44. The predicted molar refractivity (Wildman–Crippen MR) is 109 cm³/mol.